The lowest BCUT2D eigenvalue weighted by Gasteiger charge is -1.99. The molecule has 1 radical (unpaired) electrons. The van der Waals surface area contributed by atoms with Crippen LogP contribution in [0.1, 0.15) is 19.8 Å². The SMILES string of the molecule is [CH2]C(CF)CCC. The van der Waals surface area contributed by atoms with E-state index in [1.165, 1.54) is 0 Å². The van der Waals surface area contributed by atoms with Gasteiger partial charge in [-0.3, -0.25) is 4.39 Å². The van der Waals surface area contributed by atoms with Gasteiger partial charge in [-0.25, -0.2) is 0 Å². The van der Waals surface area contributed by atoms with Crippen molar-refractivity contribution >= 4 is 0 Å². The fourth-order valence-corrected chi connectivity index (χ4v) is 0.485. The van der Waals surface area contributed by atoms with Crippen LogP contribution in [0.15, 0.2) is 0 Å². The molecule has 1 heteroatoms. The van der Waals surface area contributed by atoms with Crippen LogP contribution in [-0.4, -0.2) is 6.67 Å². The molecule has 43 valence electrons. The number of alkyl halides is 1. The molecule has 0 saturated heterocycles. The second-order valence-electron chi connectivity index (χ2n) is 1.81. The number of halogens is 1. The standard InChI is InChI=1S/C6H12F/c1-3-4-6(2)5-7/h6H,2-5H2,1H3. The number of hydrogen-bond donors (Lipinski definition) is 0. The minimum atomic E-state index is -0.270. The Hall–Kier alpha value is -0.0700. The number of rotatable bonds is 3. The van der Waals surface area contributed by atoms with E-state index in [1.54, 1.807) is 0 Å². The third-order valence-electron chi connectivity index (χ3n) is 0.915. The van der Waals surface area contributed by atoms with Gasteiger partial charge in [-0.15, -0.1) is 0 Å². The molecule has 0 heterocycles. The van der Waals surface area contributed by atoms with Crippen molar-refractivity contribution in [1.29, 1.82) is 0 Å². The predicted octanol–water partition coefficient (Wildman–Crippen LogP) is 2.21. The number of hydrogen-bond acceptors (Lipinski definition) is 0. The van der Waals surface area contributed by atoms with E-state index in [9.17, 15) is 4.39 Å². The summed E-state index contributed by atoms with van der Waals surface area (Å²) >= 11 is 0. The molecule has 1 unspecified atom stereocenters. The summed E-state index contributed by atoms with van der Waals surface area (Å²) in [5, 5.41) is 0. The molecular formula is C6H12F. The summed E-state index contributed by atoms with van der Waals surface area (Å²) in [5.74, 6) is 0.0324. The Morgan fingerprint density at radius 3 is 2.43 bits per heavy atom. The van der Waals surface area contributed by atoms with Crippen LogP contribution < -0.4 is 0 Å². The van der Waals surface area contributed by atoms with E-state index in [0.29, 0.717) is 0 Å². The Labute approximate surface area is 44.7 Å². The molecule has 0 rings (SSSR count). The van der Waals surface area contributed by atoms with Crippen LogP contribution in [0.3, 0.4) is 0 Å². The van der Waals surface area contributed by atoms with Crippen molar-refractivity contribution in [1.82, 2.24) is 0 Å². The quantitative estimate of drug-likeness (QED) is 0.513. The molecule has 0 aliphatic carbocycles. The lowest BCUT2D eigenvalue weighted by atomic mass is 10.1. The third kappa shape index (κ3) is 3.77. The van der Waals surface area contributed by atoms with Crippen LogP contribution in [0.4, 0.5) is 4.39 Å². The smallest absolute Gasteiger partial charge is 0.0922 e. The largest absolute Gasteiger partial charge is 0.251 e. The minimum absolute atomic E-state index is 0.0324. The van der Waals surface area contributed by atoms with Gasteiger partial charge < -0.3 is 0 Å². The van der Waals surface area contributed by atoms with Crippen LogP contribution in [-0.2, 0) is 0 Å². The van der Waals surface area contributed by atoms with Gasteiger partial charge in [-0.2, -0.15) is 0 Å². The summed E-state index contributed by atoms with van der Waals surface area (Å²) in [5.41, 5.74) is 0. The summed E-state index contributed by atoms with van der Waals surface area (Å²) in [7, 11) is 0. The zero-order valence-corrected chi connectivity index (χ0v) is 4.78. The van der Waals surface area contributed by atoms with E-state index in [0.717, 1.165) is 12.8 Å². The fraction of sp³-hybridized carbons (Fsp3) is 0.833. The molecule has 0 aromatic rings. The zero-order chi connectivity index (χ0) is 5.70. The Morgan fingerprint density at radius 1 is 1.71 bits per heavy atom. The highest BCUT2D eigenvalue weighted by atomic mass is 19.1. The van der Waals surface area contributed by atoms with Crippen LogP contribution in [0, 0.1) is 12.8 Å². The van der Waals surface area contributed by atoms with Crippen LogP contribution in [0.5, 0.6) is 0 Å². The van der Waals surface area contributed by atoms with Crippen molar-refractivity contribution in [2.45, 2.75) is 19.8 Å². The van der Waals surface area contributed by atoms with Crippen molar-refractivity contribution in [3.05, 3.63) is 6.92 Å². The molecule has 1 atom stereocenters. The molecule has 0 amide bonds. The van der Waals surface area contributed by atoms with E-state index < -0.39 is 0 Å². The monoisotopic (exact) mass is 103 g/mol. The summed E-state index contributed by atoms with van der Waals surface area (Å²) in [4.78, 5) is 0. The maximum atomic E-state index is 11.5. The normalized spacial score (nSPS) is 14.1. The van der Waals surface area contributed by atoms with E-state index in [1.807, 2.05) is 6.92 Å². The third-order valence-corrected chi connectivity index (χ3v) is 0.915. The average Bonchev–Trinajstić information content (AvgIpc) is 1.68. The predicted molar refractivity (Wildman–Crippen MR) is 29.7 cm³/mol. The van der Waals surface area contributed by atoms with Gasteiger partial charge in [0.1, 0.15) is 0 Å². The lowest BCUT2D eigenvalue weighted by Crippen LogP contribution is -1.94. The van der Waals surface area contributed by atoms with E-state index in [2.05, 4.69) is 6.92 Å². The first kappa shape index (κ1) is 6.93. The van der Waals surface area contributed by atoms with Crippen LogP contribution >= 0.6 is 0 Å². The molecule has 0 nitrogen and oxygen atoms in total. The highest BCUT2D eigenvalue weighted by Crippen LogP contribution is 2.02. The highest BCUT2D eigenvalue weighted by molar-refractivity contribution is 4.56. The van der Waals surface area contributed by atoms with Gasteiger partial charge in [0.15, 0.2) is 0 Å². The molecule has 0 aliphatic rings. The maximum Gasteiger partial charge on any atom is 0.0922 e. The molecule has 0 saturated carbocycles. The topological polar surface area (TPSA) is 0 Å². The first-order valence-corrected chi connectivity index (χ1v) is 2.70. The average molecular weight is 103 g/mol. The first-order valence-electron chi connectivity index (χ1n) is 2.70. The summed E-state index contributed by atoms with van der Waals surface area (Å²) in [6.45, 7) is 5.34. The minimum Gasteiger partial charge on any atom is -0.251 e. The molecule has 0 aromatic heterocycles. The lowest BCUT2D eigenvalue weighted by molar-refractivity contribution is 0.390. The van der Waals surface area contributed by atoms with Crippen molar-refractivity contribution in [3.63, 3.8) is 0 Å². The molecule has 7 heavy (non-hydrogen) atoms. The van der Waals surface area contributed by atoms with Crippen molar-refractivity contribution in [2.75, 3.05) is 6.67 Å². The molecule has 0 aliphatic heterocycles. The van der Waals surface area contributed by atoms with Gasteiger partial charge in [0, 0.05) is 0 Å². The molecule has 0 bridgehead atoms. The Bertz CT molecular complexity index is 35.2. The van der Waals surface area contributed by atoms with Crippen molar-refractivity contribution in [2.24, 2.45) is 5.92 Å². The van der Waals surface area contributed by atoms with Crippen molar-refractivity contribution in [3.8, 4) is 0 Å². The second kappa shape index (κ2) is 4.10. The first-order chi connectivity index (χ1) is 3.31. The van der Waals surface area contributed by atoms with Gasteiger partial charge in [-0.05, 0) is 19.3 Å². The van der Waals surface area contributed by atoms with E-state index in [-0.39, 0.29) is 12.6 Å². The van der Waals surface area contributed by atoms with Gasteiger partial charge in [0.2, 0.25) is 0 Å². The second-order valence-corrected chi connectivity index (χ2v) is 1.81. The molecule has 0 aromatic carbocycles. The summed E-state index contributed by atoms with van der Waals surface area (Å²) < 4.78 is 11.5. The molecular weight excluding hydrogens is 91.1 g/mol. The van der Waals surface area contributed by atoms with Gasteiger partial charge in [-0.1, -0.05) is 13.3 Å². The molecule has 0 fully saturated rings. The van der Waals surface area contributed by atoms with Gasteiger partial charge >= 0.3 is 0 Å². The Balaban J connectivity index is 2.83. The Kier molecular flexibility index (Phi) is 4.06. The fourth-order valence-electron chi connectivity index (χ4n) is 0.485. The van der Waals surface area contributed by atoms with E-state index >= 15 is 0 Å². The Morgan fingerprint density at radius 2 is 2.29 bits per heavy atom. The molecule has 0 N–H and O–H groups in total. The van der Waals surface area contributed by atoms with Crippen LogP contribution in [0.2, 0.25) is 0 Å². The molecule has 0 spiro atoms. The summed E-state index contributed by atoms with van der Waals surface area (Å²) in [6, 6.07) is 0. The zero-order valence-electron chi connectivity index (χ0n) is 4.78. The highest BCUT2D eigenvalue weighted by Gasteiger charge is 1.95. The van der Waals surface area contributed by atoms with Crippen LogP contribution in [0.25, 0.3) is 0 Å². The van der Waals surface area contributed by atoms with Gasteiger partial charge in [0.25, 0.3) is 0 Å². The maximum absolute atomic E-state index is 11.5. The van der Waals surface area contributed by atoms with Crippen molar-refractivity contribution < 1.29 is 4.39 Å². The van der Waals surface area contributed by atoms with Gasteiger partial charge in [0.05, 0.1) is 6.67 Å². The van der Waals surface area contributed by atoms with E-state index in [4.69, 9.17) is 0 Å². The summed E-state index contributed by atoms with van der Waals surface area (Å²) in [6.07, 6.45) is 1.95.